The van der Waals surface area contributed by atoms with Gasteiger partial charge >= 0.3 is 0 Å². The highest BCUT2D eigenvalue weighted by Gasteiger charge is 2.03. The fraction of sp³-hybridized carbons (Fsp3) is 0.500. The zero-order valence-corrected chi connectivity index (χ0v) is 11.6. The van der Waals surface area contributed by atoms with Crippen molar-refractivity contribution in [2.75, 3.05) is 25.6 Å². The van der Waals surface area contributed by atoms with Crippen LogP contribution in [-0.2, 0) is 16.4 Å². The highest BCUT2D eigenvalue weighted by atomic mass is 32.2. The maximum atomic E-state index is 10.9. The van der Waals surface area contributed by atoms with Gasteiger partial charge in [-0.05, 0) is 22.4 Å². The summed E-state index contributed by atoms with van der Waals surface area (Å²) < 4.78 is 21.9. The van der Waals surface area contributed by atoms with Crippen LogP contribution in [0.2, 0.25) is 0 Å². The molecule has 96 valence electrons. The van der Waals surface area contributed by atoms with Crippen molar-refractivity contribution in [2.24, 2.45) is 4.99 Å². The standard InChI is InChI=1S/C10H17N3O2S2/c1-11-10(12-4-6-17(2,14)15)13-7-9-3-5-16-8-9/h3,5,8H,4,6-7H2,1-2H3,(H2,11,12,13). The van der Waals surface area contributed by atoms with E-state index >= 15 is 0 Å². The van der Waals surface area contributed by atoms with Gasteiger partial charge < -0.3 is 10.6 Å². The van der Waals surface area contributed by atoms with Crippen molar-refractivity contribution in [3.05, 3.63) is 22.4 Å². The Morgan fingerprint density at radius 3 is 2.76 bits per heavy atom. The predicted octanol–water partition coefficient (Wildman–Crippen LogP) is 0.458. The summed E-state index contributed by atoms with van der Waals surface area (Å²) in [4.78, 5) is 4.01. The molecule has 2 N–H and O–H groups in total. The molecular weight excluding hydrogens is 258 g/mol. The van der Waals surface area contributed by atoms with Gasteiger partial charge in [-0.25, -0.2) is 8.42 Å². The van der Waals surface area contributed by atoms with Crippen LogP contribution in [-0.4, -0.2) is 40.0 Å². The Morgan fingerprint density at radius 1 is 1.47 bits per heavy atom. The minimum absolute atomic E-state index is 0.103. The van der Waals surface area contributed by atoms with Gasteiger partial charge in [-0.3, -0.25) is 4.99 Å². The Kier molecular flexibility index (Phi) is 5.43. The maximum absolute atomic E-state index is 10.9. The molecule has 0 atom stereocenters. The molecule has 0 amide bonds. The molecule has 7 heteroatoms. The van der Waals surface area contributed by atoms with E-state index in [2.05, 4.69) is 21.0 Å². The van der Waals surface area contributed by atoms with Crippen molar-refractivity contribution in [1.29, 1.82) is 0 Å². The molecule has 0 saturated heterocycles. The Hall–Kier alpha value is -1.08. The van der Waals surface area contributed by atoms with E-state index in [4.69, 9.17) is 0 Å². The van der Waals surface area contributed by atoms with E-state index in [-0.39, 0.29) is 5.75 Å². The molecule has 0 fully saturated rings. The van der Waals surface area contributed by atoms with E-state index in [1.807, 2.05) is 11.4 Å². The van der Waals surface area contributed by atoms with Crippen LogP contribution in [0.5, 0.6) is 0 Å². The van der Waals surface area contributed by atoms with Gasteiger partial charge in [0.1, 0.15) is 9.84 Å². The normalized spacial score (nSPS) is 12.5. The summed E-state index contributed by atoms with van der Waals surface area (Å²) in [5, 5.41) is 10.1. The second kappa shape index (κ2) is 6.61. The molecule has 0 saturated carbocycles. The van der Waals surface area contributed by atoms with Gasteiger partial charge in [-0.1, -0.05) is 0 Å². The van der Waals surface area contributed by atoms with Crippen LogP contribution in [0, 0.1) is 0 Å². The zero-order valence-electron chi connectivity index (χ0n) is 9.93. The summed E-state index contributed by atoms with van der Waals surface area (Å²) >= 11 is 1.64. The first-order valence-electron chi connectivity index (χ1n) is 5.14. The summed E-state index contributed by atoms with van der Waals surface area (Å²) in [5.41, 5.74) is 1.18. The lowest BCUT2D eigenvalue weighted by Gasteiger charge is -2.10. The Morgan fingerprint density at radius 2 is 2.24 bits per heavy atom. The fourth-order valence-corrected chi connectivity index (χ4v) is 2.30. The molecule has 0 aliphatic rings. The molecule has 0 radical (unpaired) electrons. The minimum Gasteiger partial charge on any atom is -0.355 e. The fourth-order valence-electron chi connectivity index (χ4n) is 1.15. The molecule has 0 bridgehead atoms. The van der Waals surface area contributed by atoms with Crippen molar-refractivity contribution in [3.8, 4) is 0 Å². The molecule has 0 unspecified atom stereocenters. The number of thiophene rings is 1. The first kappa shape index (κ1) is 14.0. The molecule has 0 aromatic carbocycles. The van der Waals surface area contributed by atoms with E-state index in [0.717, 1.165) is 0 Å². The lowest BCUT2D eigenvalue weighted by atomic mass is 10.3. The third kappa shape index (κ3) is 6.28. The average Bonchev–Trinajstić information content (AvgIpc) is 2.74. The second-order valence-electron chi connectivity index (χ2n) is 3.61. The molecule has 17 heavy (non-hydrogen) atoms. The largest absolute Gasteiger partial charge is 0.355 e. The predicted molar refractivity (Wildman–Crippen MR) is 72.2 cm³/mol. The summed E-state index contributed by atoms with van der Waals surface area (Å²) in [7, 11) is -1.27. The van der Waals surface area contributed by atoms with Gasteiger partial charge in [-0.2, -0.15) is 11.3 Å². The molecule has 1 heterocycles. The zero-order chi connectivity index (χ0) is 12.7. The van der Waals surface area contributed by atoms with Crippen LogP contribution >= 0.6 is 11.3 Å². The molecule has 1 aromatic rings. The molecule has 0 aliphatic carbocycles. The maximum Gasteiger partial charge on any atom is 0.191 e. The van der Waals surface area contributed by atoms with E-state index in [1.54, 1.807) is 18.4 Å². The van der Waals surface area contributed by atoms with Crippen molar-refractivity contribution in [3.63, 3.8) is 0 Å². The number of sulfone groups is 1. The highest BCUT2D eigenvalue weighted by molar-refractivity contribution is 7.90. The SMILES string of the molecule is CN=C(NCCS(C)(=O)=O)NCc1ccsc1. The van der Waals surface area contributed by atoms with Gasteiger partial charge in [0.15, 0.2) is 5.96 Å². The third-order valence-corrected chi connectivity index (χ3v) is 3.71. The van der Waals surface area contributed by atoms with Gasteiger partial charge in [0, 0.05) is 26.4 Å². The van der Waals surface area contributed by atoms with Crippen molar-refractivity contribution in [1.82, 2.24) is 10.6 Å². The number of hydrogen-bond acceptors (Lipinski definition) is 4. The third-order valence-electron chi connectivity index (χ3n) is 2.03. The van der Waals surface area contributed by atoms with Crippen LogP contribution in [0.3, 0.4) is 0 Å². The summed E-state index contributed by atoms with van der Waals surface area (Å²) in [6.45, 7) is 1.05. The topological polar surface area (TPSA) is 70.6 Å². The van der Waals surface area contributed by atoms with E-state index in [9.17, 15) is 8.42 Å². The molecular formula is C10H17N3O2S2. The Balaban J connectivity index is 2.30. The second-order valence-corrected chi connectivity index (χ2v) is 6.65. The van der Waals surface area contributed by atoms with Crippen molar-refractivity contribution < 1.29 is 8.42 Å². The Labute approximate surface area is 106 Å². The first-order chi connectivity index (χ1) is 8.01. The quantitative estimate of drug-likeness (QED) is 0.605. The van der Waals surface area contributed by atoms with Crippen LogP contribution in [0.15, 0.2) is 21.8 Å². The average molecular weight is 275 g/mol. The Bertz CT molecular complexity index is 452. The smallest absolute Gasteiger partial charge is 0.191 e. The van der Waals surface area contributed by atoms with Gasteiger partial charge in [-0.15, -0.1) is 0 Å². The van der Waals surface area contributed by atoms with Gasteiger partial charge in [0.25, 0.3) is 0 Å². The van der Waals surface area contributed by atoms with Crippen molar-refractivity contribution in [2.45, 2.75) is 6.54 Å². The summed E-state index contributed by atoms with van der Waals surface area (Å²) in [6.07, 6.45) is 1.22. The number of hydrogen-bond donors (Lipinski definition) is 2. The van der Waals surface area contributed by atoms with Crippen LogP contribution < -0.4 is 10.6 Å². The van der Waals surface area contributed by atoms with E-state index < -0.39 is 9.84 Å². The van der Waals surface area contributed by atoms with E-state index in [1.165, 1.54) is 11.8 Å². The first-order valence-corrected chi connectivity index (χ1v) is 8.15. The van der Waals surface area contributed by atoms with Crippen LogP contribution in [0.25, 0.3) is 0 Å². The number of nitrogens with one attached hydrogen (secondary N) is 2. The number of aliphatic imine (C=N–C) groups is 1. The van der Waals surface area contributed by atoms with Crippen LogP contribution in [0.1, 0.15) is 5.56 Å². The summed E-state index contributed by atoms with van der Waals surface area (Å²) in [6, 6.07) is 2.03. The number of guanidine groups is 1. The monoisotopic (exact) mass is 275 g/mol. The van der Waals surface area contributed by atoms with E-state index in [0.29, 0.717) is 19.0 Å². The molecule has 0 spiro atoms. The molecule has 1 aromatic heterocycles. The minimum atomic E-state index is -2.93. The molecule has 0 aliphatic heterocycles. The summed E-state index contributed by atoms with van der Waals surface area (Å²) in [5.74, 6) is 0.714. The lowest BCUT2D eigenvalue weighted by Crippen LogP contribution is -2.39. The lowest BCUT2D eigenvalue weighted by molar-refractivity contribution is 0.600. The van der Waals surface area contributed by atoms with Gasteiger partial charge in [0.2, 0.25) is 0 Å². The highest BCUT2D eigenvalue weighted by Crippen LogP contribution is 2.04. The number of rotatable bonds is 5. The molecule has 5 nitrogen and oxygen atoms in total. The molecule has 1 rings (SSSR count). The number of nitrogens with zero attached hydrogens (tertiary/aromatic N) is 1. The van der Waals surface area contributed by atoms with Crippen LogP contribution in [0.4, 0.5) is 0 Å². The van der Waals surface area contributed by atoms with Crippen molar-refractivity contribution >= 4 is 27.1 Å². The van der Waals surface area contributed by atoms with Gasteiger partial charge in [0.05, 0.1) is 5.75 Å².